The topological polar surface area (TPSA) is 57.7 Å². The summed E-state index contributed by atoms with van der Waals surface area (Å²) in [5.41, 5.74) is 1.13. The molecule has 2 aromatic carbocycles. The van der Waals surface area contributed by atoms with Crippen molar-refractivity contribution in [2.75, 3.05) is 23.9 Å². The van der Waals surface area contributed by atoms with Crippen molar-refractivity contribution in [3.63, 3.8) is 0 Å². The zero-order valence-corrected chi connectivity index (χ0v) is 19.2. The largest absolute Gasteiger partial charge is 0.342 e. The number of nitrogens with zero attached hydrogens (tertiary/aromatic N) is 2. The molecule has 5 rings (SSSR count). The van der Waals surface area contributed by atoms with Crippen LogP contribution in [0, 0.1) is 5.92 Å². The first-order valence-corrected chi connectivity index (χ1v) is 13.0. The molecule has 2 heterocycles. The van der Waals surface area contributed by atoms with Gasteiger partial charge in [0, 0.05) is 36.5 Å². The Morgan fingerprint density at radius 1 is 0.970 bits per heavy atom. The molecule has 0 bridgehead atoms. The van der Waals surface area contributed by atoms with Gasteiger partial charge in [0.25, 0.3) is 16.4 Å². The normalized spacial score (nSPS) is 25.1. The summed E-state index contributed by atoms with van der Waals surface area (Å²) in [5, 5.41) is 0. The summed E-state index contributed by atoms with van der Waals surface area (Å²) in [6.45, 7) is 2.01. The number of carbonyl (C=O) groups is 1. The van der Waals surface area contributed by atoms with Crippen molar-refractivity contribution in [3.05, 3.63) is 59.7 Å². The number of carbonyl (C=O) groups excluding carboxylic acids is 1. The van der Waals surface area contributed by atoms with Gasteiger partial charge < -0.3 is 4.90 Å². The summed E-state index contributed by atoms with van der Waals surface area (Å²) in [5.74, 6) is 0.255. The molecular formula is C25H28F2N2O3S. The van der Waals surface area contributed by atoms with Crippen LogP contribution >= 0.6 is 0 Å². The second kappa shape index (κ2) is 8.38. The van der Waals surface area contributed by atoms with Gasteiger partial charge in [-0.25, -0.2) is 17.2 Å². The Labute approximate surface area is 193 Å². The predicted molar refractivity (Wildman–Crippen MR) is 122 cm³/mol. The lowest BCUT2D eigenvalue weighted by Gasteiger charge is -2.38. The maximum absolute atomic E-state index is 13.5. The molecule has 1 saturated heterocycles. The number of halogens is 2. The molecule has 8 heteroatoms. The highest BCUT2D eigenvalue weighted by Gasteiger charge is 2.49. The Hall–Kier alpha value is -2.48. The highest BCUT2D eigenvalue weighted by Crippen LogP contribution is 2.51. The number of fused-ring (bicyclic) bond motifs is 2. The molecule has 33 heavy (non-hydrogen) atoms. The lowest BCUT2D eigenvalue weighted by atomic mass is 9.67. The van der Waals surface area contributed by atoms with E-state index in [4.69, 9.17) is 0 Å². The van der Waals surface area contributed by atoms with E-state index in [2.05, 4.69) is 0 Å². The zero-order valence-electron chi connectivity index (χ0n) is 18.4. The van der Waals surface area contributed by atoms with Crippen molar-refractivity contribution in [1.82, 2.24) is 4.90 Å². The summed E-state index contributed by atoms with van der Waals surface area (Å²) in [6.07, 6.45) is 2.51. The molecule has 0 N–H and O–H groups in total. The summed E-state index contributed by atoms with van der Waals surface area (Å²) >= 11 is 0. The van der Waals surface area contributed by atoms with Gasteiger partial charge in [-0.15, -0.1) is 0 Å². The molecule has 3 aliphatic rings. The lowest BCUT2D eigenvalue weighted by Crippen LogP contribution is -2.42. The Morgan fingerprint density at radius 2 is 1.61 bits per heavy atom. The Balaban J connectivity index is 1.40. The van der Waals surface area contributed by atoms with Gasteiger partial charge in [0.05, 0.1) is 10.6 Å². The van der Waals surface area contributed by atoms with E-state index in [-0.39, 0.29) is 27.7 Å². The summed E-state index contributed by atoms with van der Waals surface area (Å²) in [4.78, 5) is 14.9. The minimum absolute atomic E-state index is 0.00781. The molecule has 2 fully saturated rings. The molecule has 1 aliphatic carbocycles. The number of rotatable bonds is 4. The molecule has 2 aliphatic heterocycles. The molecule has 0 unspecified atom stereocenters. The summed E-state index contributed by atoms with van der Waals surface area (Å²) < 4.78 is 54.4. The number of likely N-dealkylation sites (tertiary alicyclic amines) is 1. The van der Waals surface area contributed by atoms with E-state index in [0.717, 1.165) is 57.2 Å². The maximum atomic E-state index is 13.5. The van der Waals surface area contributed by atoms with Gasteiger partial charge in [0.1, 0.15) is 0 Å². The molecule has 1 amide bonds. The zero-order chi connectivity index (χ0) is 23.2. The first kappa shape index (κ1) is 22.3. The van der Waals surface area contributed by atoms with Crippen LogP contribution < -0.4 is 4.31 Å². The molecule has 2 aromatic rings. The van der Waals surface area contributed by atoms with Crippen LogP contribution in [-0.4, -0.2) is 38.9 Å². The van der Waals surface area contributed by atoms with Crippen molar-refractivity contribution in [2.24, 2.45) is 5.92 Å². The van der Waals surface area contributed by atoms with Crippen molar-refractivity contribution >= 4 is 21.6 Å². The molecule has 0 atom stereocenters. The Bertz CT molecular complexity index is 1140. The van der Waals surface area contributed by atoms with Crippen LogP contribution in [-0.2, 0) is 20.2 Å². The van der Waals surface area contributed by atoms with E-state index in [1.807, 2.05) is 29.2 Å². The van der Waals surface area contributed by atoms with Crippen molar-refractivity contribution in [3.8, 4) is 0 Å². The number of hydrogen-bond acceptors (Lipinski definition) is 3. The molecule has 5 nitrogen and oxygen atoms in total. The van der Waals surface area contributed by atoms with Gasteiger partial charge >= 0.3 is 0 Å². The minimum Gasteiger partial charge on any atom is -0.342 e. The number of alkyl halides is 2. The van der Waals surface area contributed by atoms with Gasteiger partial charge in [0.15, 0.2) is 0 Å². The first-order chi connectivity index (χ1) is 15.8. The van der Waals surface area contributed by atoms with Crippen molar-refractivity contribution in [1.29, 1.82) is 0 Å². The number of para-hydroxylation sites is 1. The van der Waals surface area contributed by atoms with Gasteiger partial charge in [-0.3, -0.25) is 9.10 Å². The van der Waals surface area contributed by atoms with Crippen LogP contribution in [0.15, 0.2) is 53.4 Å². The van der Waals surface area contributed by atoms with Crippen molar-refractivity contribution < 1.29 is 22.0 Å². The molecule has 1 spiro atoms. The second-order valence-corrected chi connectivity index (χ2v) is 11.3. The van der Waals surface area contributed by atoms with Crippen LogP contribution in [0.2, 0.25) is 0 Å². The molecule has 0 radical (unpaired) electrons. The number of benzene rings is 2. The van der Waals surface area contributed by atoms with Gasteiger partial charge in [-0.05, 0) is 62.3 Å². The van der Waals surface area contributed by atoms with E-state index in [1.165, 1.54) is 28.6 Å². The van der Waals surface area contributed by atoms with Crippen LogP contribution in [0.4, 0.5) is 14.5 Å². The molecule has 1 saturated carbocycles. The fraction of sp³-hybridized carbons (Fsp3) is 0.480. The van der Waals surface area contributed by atoms with E-state index in [0.29, 0.717) is 12.2 Å². The lowest BCUT2D eigenvalue weighted by molar-refractivity contribution is -0.135. The fourth-order valence-electron chi connectivity index (χ4n) is 5.75. The van der Waals surface area contributed by atoms with Gasteiger partial charge in [0.2, 0.25) is 5.91 Å². The predicted octanol–water partition coefficient (Wildman–Crippen LogP) is 4.88. The van der Waals surface area contributed by atoms with E-state index < -0.39 is 16.4 Å². The number of hydrogen-bond donors (Lipinski definition) is 0. The van der Waals surface area contributed by atoms with Crippen LogP contribution in [0.1, 0.15) is 56.1 Å². The summed E-state index contributed by atoms with van der Waals surface area (Å²) in [6, 6.07) is 12.4. The fourth-order valence-corrected chi connectivity index (χ4v) is 7.32. The van der Waals surface area contributed by atoms with Gasteiger partial charge in [-0.2, -0.15) is 0 Å². The molecule has 176 valence electrons. The van der Waals surface area contributed by atoms with E-state index in [1.54, 1.807) is 0 Å². The van der Waals surface area contributed by atoms with Crippen LogP contribution in [0.3, 0.4) is 0 Å². The minimum atomic E-state index is -3.90. The average Bonchev–Trinajstić information content (AvgIpc) is 3.47. The third-order valence-corrected chi connectivity index (χ3v) is 9.39. The second-order valence-electron chi connectivity index (χ2n) is 9.49. The van der Waals surface area contributed by atoms with Gasteiger partial charge in [-0.1, -0.05) is 30.3 Å². The maximum Gasteiger partial charge on any atom is 0.264 e. The first-order valence-electron chi connectivity index (χ1n) is 11.6. The molecule has 0 aromatic heterocycles. The highest BCUT2D eigenvalue weighted by molar-refractivity contribution is 7.92. The smallest absolute Gasteiger partial charge is 0.264 e. The SMILES string of the molecule is O=C(C1CCC2(CC1)CN(S(=O)(=O)c1ccc(C(F)F)cc1)c1ccccc12)N1CCCC1. The number of amides is 1. The van der Waals surface area contributed by atoms with E-state index >= 15 is 0 Å². The van der Waals surface area contributed by atoms with Crippen molar-refractivity contribution in [2.45, 2.75) is 55.3 Å². The average molecular weight is 475 g/mol. The Morgan fingerprint density at radius 3 is 2.24 bits per heavy atom. The number of sulfonamides is 1. The van der Waals surface area contributed by atoms with Crippen LogP contribution in [0.5, 0.6) is 0 Å². The quantitative estimate of drug-likeness (QED) is 0.635. The van der Waals surface area contributed by atoms with Crippen LogP contribution in [0.25, 0.3) is 0 Å². The number of anilines is 1. The van der Waals surface area contributed by atoms with E-state index in [9.17, 15) is 22.0 Å². The molecular weight excluding hydrogens is 446 g/mol. The Kier molecular flexibility index (Phi) is 5.67. The third-order valence-electron chi connectivity index (χ3n) is 7.62. The monoisotopic (exact) mass is 474 g/mol. The summed E-state index contributed by atoms with van der Waals surface area (Å²) in [7, 11) is -3.90. The third kappa shape index (κ3) is 3.82. The highest BCUT2D eigenvalue weighted by atomic mass is 32.2. The standard InChI is InChI=1S/C25H28F2N2O3S/c26-23(27)18-7-9-20(10-8-18)33(31,32)29-17-25(21-5-1-2-6-22(21)29)13-11-19(12-14-25)24(30)28-15-3-4-16-28/h1-2,5-10,19,23H,3-4,11-17H2.